The van der Waals surface area contributed by atoms with Crippen molar-refractivity contribution in [2.24, 2.45) is 0 Å². The zero-order valence-electron chi connectivity index (χ0n) is 22.0. The molecule has 0 spiro atoms. The molecule has 1 N–H and O–H groups in total. The van der Waals surface area contributed by atoms with Gasteiger partial charge >= 0.3 is 0 Å². The van der Waals surface area contributed by atoms with Crippen LogP contribution in [0.3, 0.4) is 0 Å². The first-order valence-electron chi connectivity index (χ1n) is 12.1. The SMILES string of the molecule is CCCCNC(=O)[C@H](CC)N(Cc1ccccc1Cl)C(=O)CN(c1ccc(OC)cc1OC)S(C)(=O)=O. The average molecular weight is 554 g/mol. The molecule has 2 amide bonds. The summed E-state index contributed by atoms with van der Waals surface area (Å²) in [5.74, 6) is -0.167. The highest BCUT2D eigenvalue weighted by atomic mass is 35.5. The van der Waals surface area contributed by atoms with Crippen LogP contribution in [-0.4, -0.2) is 64.7 Å². The first-order valence-corrected chi connectivity index (χ1v) is 14.3. The van der Waals surface area contributed by atoms with Crippen molar-refractivity contribution in [1.82, 2.24) is 10.2 Å². The Morgan fingerprint density at radius 3 is 2.35 bits per heavy atom. The van der Waals surface area contributed by atoms with Crippen LogP contribution in [0.15, 0.2) is 42.5 Å². The summed E-state index contributed by atoms with van der Waals surface area (Å²) in [6.07, 6.45) is 3.06. The normalized spacial score (nSPS) is 11.9. The lowest BCUT2D eigenvalue weighted by atomic mass is 10.1. The number of hydrogen-bond acceptors (Lipinski definition) is 6. The van der Waals surface area contributed by atoms with Crippen LogP contribution in [0.1, 0.15) is 38.7 Å². The molecule has 0 radical (unpaired) electrons. The number of rotatable bonds is 14. The minimum Gasteiger partial charge on any atom is -0.497 e. The third kappa shape index (κ3) is 8.26. The summed E-state index contributed by atoms with van der Waals surface area (Å²) >= 11 is 6.37. The molecule has 37 heavy (non-hydrogen) atoms. The lowest BCUT2D eigenvalue weighted by molar-refractivity contribution is -0.140. The molecule has 0 heterocycles. The molecule has 0 saturated heterocycles. The Kier molecular flexibility index (Phi) is 11.5. The molecule has 0 aromatic heterocycles. The number of anilines is 1. The molecule has 2 aromatic carbocycles. The van der Waals surface area contributed by atoms with E-state index < -0.39 is 28.5 Å². The van der Waals surface area contributed by atoms with E-state index in [1.807, 2.05) is 6.92 Å². The maximum absolute atomic E-state index is 13.8. The van der Waals surface area contributed by atoms with E-state index in [2.05, 4.69) is 5.32 Å². The van der Waals surface area contributed by atoms with E-state index in [9.17, 15) is 18.0 Å². The molecule has 2 rings (SSSR count). The summed E-state index contributed by atoms with van der Waals surface area (Å²) < 4.78 is 37.2. The monoisotopic (exact) mass is 553 g/mol. The van der Waals surface area contributed by atoms with Crippen LogP contribution in [0.4, 0.5) is 5.69 Å². The van der Waals surface area contributed by atoms with Gasteiger partial charge in [-0.25, -0.2) is 8.42 Å². The molecule has 0 aliphatic heterocycles. The second kappa shape index (κ2) is 14.1. The predicted octanol–water partition coefficient (Wildman–Crippen LogP) is 3.85. The second-order valence-corrected chi connectivity index (χ2v) is 10.8. The number of ether oxygens (including phenoxy) is 2. The number of methoxy groups -OCH3 is 2. The number of benzene rings is 2. The average Bonchev–Trinajstić information content (AvgIpc) is 2.87. The van der Waals surface area contributed by atoms with Crippen LogP contribution in [-0.2, 0) is 26.2 Å². The summed E-state index contributed by atoms with van der Waals surface area (Å²) in [5.41, 5.74) is 0.822. The van der Waals surface area contributed by atoms with Gasteiger partial charge in [0.1, 0.15) is 24.1 Å². The molecule has 9 nitrogen and oxygen atoms in total. The van der Waals surface area contributed by atoms with Crippen LogP contribution >= 0.6 is 11.6 Å². The van der Waals surface area contributed by atoms with Crippen LogP contribution in [0, 0.1) is 0 Å². The summed E-state index contributed by atoms with van der Waals surface area (Å²) in [4.78, 5) is 28.3. The van der Waals surface area contributed by atoms with E-state index in [1.165, 1.54) is 31.3 Å². The Labute approximate surface area is 224 Å². The van der Waals surface area contributed by atoms with Gasteiger partial charge in [-0.1, -0.05) is 50.1 Å². The smallest absolute Gasteiger partial charge is 0.244 e. The van der Waals surface area contributed by atoms with Crippen LogP contribution in [0.2, 0.25) is 5.02 Å². The molecular formula is C26H36ClN3O6S. The minimum absolute atomic E-state index is 0.0373. The van der Waals surface area contributed by atoms with E-state index in [4.69, 9.17) is 21.1 Å². The minimum atomic E-state index is -3.91. The van der Waals surface area contributed by atoms with Gasteiger partial charge in [-0.3, -0.25) is 13.9 Å². The summed E-state index contributed by atoms with van der Waals surface area (Å²) in [6.45, 7) is 3.81. The maximum atomic E-state index is 13.8. The fourth-order valence-corrected chi connectivity index (χ4v) is 4.87. The summed E-state index contributed by atoms with van der Waals surface area (Å²) in [7, 11) is -1.03. The Morgan fingerprint density at radius 2 is 1.78 bits per heavy atom. The van der Waals surface area contributed by atoms with Gasteiger partial charge in [0.05, 0.1) is 26.2 Å². The van der Waals surface area contributed by atoms with Crippen molar-refractivity contribution in [2.75, 3.05) is 37.9 Å². The van der Waals surface area contributed by atoms with Gasteiger partial charge in [-0.05, 0) is 36.6 Å². The molecule has 1 atom stereocenters. The van der Waals surface area contributed by atoms with Crippen LogP contribution in [0.5, 0.6) is 11.5 Å². The summed E-state index contributed by atoms with van der Waals surface area (Å²) in [5, 5.41) is 3.33. The number of amides is 2. The largest absolute Gasteiger partial charge is 0.497 e. The molecule has 0 fully saturated rings. The van der Waals surface area contributed by atoms with E-state index in [1.54, 1.807) is 37.3 Å². The zero-order valence-corrected chi connectivity index (χ0v) is 23.6. The number of nitrogens with zero attached hydrogens (tertiary/aromatic N) is 2. The highest BCUT2D eigenvalue weighted by molar-refractivity contribution is 7.92. The van der Waals surface area contributed by atoms with Crippen molar-refractivity contribution in [3.05, 3.63) is 53.1 Å². The number of sulfonamides is 1. The van der Waals surface area contributed by atoms with Gasteiger partial charge < -0.3 is 19.7 Å². The van der Waals surface area contributed by atoms with Gasteiger partial charge in [0.2, 0.25) is 21.8 Å². The van der Waals surface area contributed by atoms with Gasteiger partial charge in [0.15, 0.2) is 0 Å². The Morgan fingerprint density at radius 1 is 1.08 bits per heavy atom. The van der Waals surface area contributed by atoms with Crippen LogP contribution in [0.25, 0.3) is 0 Å². The third-order valence-electron chi connectivity index (χ3n) is 5.85. The van der Waals surface area contributed by atoms with E-state index in [0.717, 1.165) is 23.4 Å². The topological polar surface area (TPSA) is 105 Å². The van der Waals surface area contributed by atoms with Crippen LogP contribution < -0.4 is 19.1 Å². The highest BCUT2D eigenvalue weighted by Gasteiger charge is 2.32. The number of hydrogen-bond donors (Lipinski definition) is 1. The first kappa shape index (κ1) is 30.2. The molecule has 0 unspecified atom stereocenters. The molecule has 11 heteroatoms. The van der Waals surface area contributed by atoms with E-state index in [-0.39, 0.29) is 23.9 Å². The quantitative estimate of drug-likeness (QED) is 0.356. The molecule has 0 aliphatic carbocycles. The number of carbonyl (C=O) groups excluding carboxylic acids is 2. The van der Waals surface area contributed by atoms with Gasteiger partial charge in [0, 0.05) is 24.2 Å². The zero-order chi connectivity index (χ0) is 27.6. The molecule has 204 valence electrons. The fraction of sp³-hybridized carbons (Fsp3) is 0.462. The first-order chi connectivity index (χ1) is 17.6. The molecule has 2 aromatic rings. The van der Waals surface area contributed by atoms with Crippen molar-refractivity contribution in [3.8, 4) is 11.5 Å². The number of unbranched alkanes of at least 4 members (excludes halogenated alkanes) is 1. The summed E-state index contributed by atoms with van der Waals surface area (Å²) in [6, 6.07) is 10.8. The van der Waals surface area contributed by atoms with Crippen molar-refractivity contribution >= 4 is 39.1 Å². The molecule has 0 bridgehead atoms. The molecular weight excluding hydrogens is 518 g/mol. The third-order valence-corrected chi connectivity index (χ3v) is 7.34. The second-order valence-electron chi connectivity index (χ2n) is 8.49. The fourth-order valence-electron chi connectivity index (χ4n) is 3.82. The Balaban J connectivity index is 2.49. The van der Waals surface area contributed by atoms with Crippen molar-refractivity contribution in [2.45, 2.75) is 45.7 Å². The number of carbonyl (C=O) groups is 2. The Hall–Kier alpha value is -2.98. The van der Waals surface area contributed by atoms with Gasteiger partial charge in [0.25, 0.3) is 0 Å². The lowest BCUT2D eigenvalue weighted by Crippen LogP contribution is -2.52. The van der Waals surface area contributed by atoms with E-state index >= 15 is 0 Å². The number of nitrogens with one attached hydrogen (secondary N) is 1. The Bertz CT molecular complexity index is 1170. The van der Waals surface area contributed by atoms with Crippen molar-refractivity contribution in [1.29, 1.82) is 0 Å². The van der Waals surface area contributed by atoms with E-state index in [0.29, 0.717) is 29.3 Å². The lowest BCUT2D eigenvalue weighted by Gasteiger charge is -2.33. The predicted molar refractivity (Wildman–Crippen MR) is 146 cm³/mol. The number of halogens is 1. The van der Waals surface area contributed by atoms with Crippen molar-refractivity contribution in [3.63, 3.8) is 0 Å². The maximum Gasteiger partial charge on any atom is 0.244 e. The highest BCUT2D eigenvalue weighted by Crippen LogP contribution is 2.34. The van der Waals surface area contributed by atoms with Gasteiger partial charge in [-0.2, -0.15) is 0 Å². The standard InChI is InChI=1S/C26H36ClN3O6S/c1-6-8-15-28-26(32)22(7-2)29(17-19-11-9-10-12-21(19)27)25(31)18-30(37(5,33)34)23-14-13-20(35-3)16-24(23)36-4/h9-14,16,22H,6-8,15,17-18H2,1-5H3,(H,28,32)/t22-/m0/s1. The van der Waals surface area contributed by atoms with Crippen molar-refractivity contribution < 1.29 is 27.5 Å². The molecule has 0 saturated carbocycles. The molecule has 0 aliphatic rings. The van der Waals surface area contributed by atoms with Gasteiger partial charge in [-0.15, -0.1) is 0 Å².